The Bertz CT molecular complexity index is 700. The van der Waals surface area contributed by atoms with Gasteiger partial charge in [-0.15, -0.1) is 0 Å². The van der Waals surface area contributed by atoms with Crippen molar-refractivity contribution < 1.29 is 22.4 Å². The Kier molecular flexibility index (Phi) is 4.71. The standard InChI is InChI=1S/C15H10ClF4NO/c16-9-5-6-13(21-8-15(18,19)20)11(7-9)14(22)10-3-1-2-4-12(10)17/h1-7,21H,8H2/i17-1. The van der Waals surface area contributed by atoms with E-state index in [-0.39, 0.29) is 21.8 Å². The van der Waals surface area contributed by atoms with E-state index in [1.54, 1.807) is 0 Å². The molecule has 2 aromatic rings. The summed E-state index contributed by atoms with van der Waals surface area (Å²) in [5.41, 5.74) is -0.420. The normalized spacial score (nSPS) is 11.3. The van der Waals surface area contributed by atoms with Crippen molar-refractivity contribution in [1.82, 2.24) is 0 Å². The van der Waals surface area contributed by atoms with Crippen molar-refractivity contribution in [3.63, 3.8) is 0 Å². The third-order valence-corrected chi connectivity index (χ3v) is 3.06. The van der Waals surface area contributed by atoms with Gasteiger partial charge >= 0.3 is 6.18 Å². The quantitative estimate of drug-likeness (QED) is 0.651. The molecule has 0 amide bonds. The van der Waals surface area contributed by atoms with Crippen LogP contribution in [-0.4, -0.2) is 18.5 Å². The molecule has 2 aromatic carbocycles. The molecule has 0 bridgehead atoms. The molecule has 0 aliphatic carbocycles. The number of alkyl halides is 3. The van der Waals surface area contributed by atoms with Crippen molar-refractivity contribution in [3.05, 3.63) is 64.4 Å². The highest BCUT2D eigenvalue weighted by Crippen LogP contribution is 2.26. The monoisotopic (exact) mass is 330 g/mol. The van der Waals surface area contributed by atoms with E-state index in [0.717, 1.165) is 6.07 Å². The molecular weight excluding hydrogens is 321 g/mol. The molecule has 22 heavy (non-hydrogen) atoms. The summed E-state index contributed by atoms with van der Waals surface area (Å²) in [4.78, 5) is 12.3. The Balaban J connectivity index is 2.39. The molecular formula is C15H10ClF4NO. The van der Waals surface area contributed by atoms with E-state index in [9.17, 15) is 22.4 Å². The van der Waals surface area contributed by atoms with Crippen LogP contribution in [0.3, 0.4) is 0 Å². The van der Waals surface area contributed by atoms with Crippen LogP contribution in [0.1, 0.15) is 15.9 Å². The molecule has 0 saturated carbocycles. The van der Waals surface area contributed by atoms with Crippen LogP contribution in [0, 0.1) is 5.82 Å². The zero-order chi connectivity index (χ0) is 16.3. The first-order valence-electron chi connectivity index (χ1n) is 6.17. The molecule has 7 heteroatoms. The Labute approximate surface area is 128 Å². The second-order valence-corrected chi connectivity index (χ2v) is 4.90. The molecule has 0 atom stereocenters. The van der Waals surface area contributed by atoms with Gasteiger partial charge in [-0.05, 0) is 30.3 Å². The van der Waals surface area contributed by atoms with Gasteiger partial charge in [-0.25, -0.2) is 4.39 Å². The van der Waals surface area contributed by atoms with Crippen LogP contribution in [0.15, 0.2) is 42.5 Å². The van der Waals surface area contributed by atoms with Crippen molar-refractivity contribution >= 4 is 23.1 Å². The van der Waals surface area contributed by atoms with Gasteiger partial charge in [0.2, 0.25) is 0 Å². The number of anilines is 1. The fourth-order valence-corrected chi connectivity index (χ4v) is 2.02. The molecule has 0 fully saturated rings. The van der Waals surface area contributed by atoms with E-state index >= 15 is 0 Å². The number of carbonyl (C=O) groups is 1. The number of hydrogen-bond donors (Lipinski definition) is 1. The lowest BCUT2D eigenvalue weighted by molar-refractivity contribution is -0.115. The summed E-state index contributed by atoms with van der Waals surface area (Å²) in [7, 11) is 0. The van der Waals surface area contributed by atoms with Gasteiger partial charge in [0.1, 0.15) is 12.4 Å². The van der Waals surface area contributed by atoms with E-state index < -0.39 is 24.3 Å². The Morgan fingerprint density at radius 1 is 1.09 bits per heavy atom. The van der Waals surface area contributed by atoms with Crippen LogP contribution in [0.4, 0.5) is 23.2 Å². The average Bonchev–Trinajstić information content (AvgIpc) is 2.45. The zero-order valence-corrected chi connectivity index (χ0v) is 11.8. The fraction of sp³-hybridized carbons (Fsp3) is 0.133. The SMILES string of the molecule is O=C(c1ccccc1[18F])c1cc(Cl)ccc1NCC(F)(F)F. The first-order chi connectivity index (χ1) is 10.3. The van der Waals surface area contributed by atoms with Crippen molar-refractivity contribution in [1.29, 1.82) is 0 Å². The van der Waals surface area contributed by atoms with Gasteiger partial charge in [0.15, 0.2) is 5.78 Å². The maximum absolute atomic E-state index is 13.7. The molecule has 0 aliphatic heterocycles. The van der Waals surface area contributed by atoms with Crippen LogP contribution in [0.5, 0.6) is 0 Å². The highest BCUT2D eigenvalue weighted by Gasteiger charge is 2.27. The highest BCUT2D eigenvalue weighted by atomic mass is 35.5. The van der Waals surface area contributed by atoms with Gasteiger partial charge in [-0.1, -0.05) is 23.7 Å². The molecule has 0 aliphatic rings. The number of ketones is 1. The van der Waals surface area contributed by atoms with Crippen LogP contribution in [-0.2, 0) is 0 Å². The smallest absolute Gasteiger partial charge is 0.376 e. The minimum atomic E-state index is -4.45. The lowest BCUT2D eigenvalue weighted by Crippen LogP contribution is -2.22. The minimum Gasteiger partial charge on any atom is -0.376 e. The highest BCUT2D eigenvalue weighted by molar-refractivity contribution is 6.31. The van der Waals surface area contributed by atoms with Crippen molar-refractivity contribution in [2.45, 2.75) is 6.18 Å². The third kappa shape index (κ3) is 3.98. The van der Waals surface area contributed by atoms with E-state index in [1.807, 2.05) is 0 Å². The van der Waals surface area contributed by atoms with Crippen LogP contribution < -0.4 is 5.32 Å². The molecule has 0 heterocycles. The Hall–Kier alpha value is -2.08. The molecule has 0 spiro atoms. The van der Waals surface area contributed by atoms with Gasteiger partial charge in [-0.3, -0.25) is 4.79 Å². The van der Waals surface area contributed by atoms with E-state index in [1.165, 1.54) is 36.4 Å². The van der Waals surface area contributed by atoms with Crippen molar-refractivity contribution in [3.8, 4) is 0 Å². The van der Waals surface area contributed by atoms with E-state index in [2.05, 4.69) is 5.32 Å². The Morgan fingerprint density at radius 2 is 1.77 bits per heavy atom. The largest absolute Gasteiger partial charge is 0.405 e. The topological polar surface area (TPSA) is 29.1 Å². The number of benzene rings is 2. The molecule has 1 N–H and O–H groups in total. The van der Waals surface area contributed by atoms with Gasteiger partial charge < -0.3 is 5.32 Å². The molecule has 116 valence electrons. The number of nitrogens with one attached hydrogen (secondary N) is 1. The fourth-order valence-electron chi connectivity index (χ4n) is 1.84. The van der Waals surface area contributed by atoms with E-state index in [4.69, 9.17) is 11.6 Å². The van der Waals surface area contributed by atoms with Crippen LogP contribution in [0.25, 0.3) is 0 Å². The number of hydrogen-bond acceptors (Lipinski definition) is 2. The second kappa shape index (κ2) is 6.36. The van der Waals surface area contributed by atoms with Crippen molar-refractivity contribution in [2.24, 2.45) is 0 Å². The molecule has 2 rings (SSSR count). The van der Waals surface area contributed by atoms with E-state index in [0.29, 0.717) is 0 Å². The Morgan fingerprint density at radius 3 is 2.41 bits per heavy atom. The second-order valence-electron chi connectivity index (χ2n) is 4.47. The van der Waals surface area contributed by atoms with Gasteiger partial charge in [0.05, 0.1) is 5.56 Å². The maximum Gasteiger partial charge on any atom is 0.405 e. The average molecular weight is 331 g/mol. The maximum atomic E-state index is 13.7. The summed E-state index contributed by atoms with van der Waals surface area (Å²) in [6, 6.07) is 9.03. The lowest BCUT2D eigenvalue weighted by atomic mass is 10.0. The first-order valence-corrected chi connectivity index (χ1v) is 6.55. The van der Waals surface area contributed by atoms with Crippen LogP contribution in [0.2, 0.25) is 5.02 Å². The zero-order valence-electron chi connectivity index (χ0n) is 11.0. The molecule has 0 saturated heterocycles. The summed E-state index contributed by atoms with van der Waals surface area (Å²) in [5.74, 6) is -1.50. The summed E-state index contributed by atoms with van der Waals surface area (Å²) in [5, 5.41) is 2.29. The third-order valence-electron chi connectivity index (χ3n) is 2.82. The minimum absolute atomic E-state index is 0.0602. The molecule has 0 unspecified atom stereocenters. The predicted molar refractivity (Wildman–Crippen MR) is 75.8 cm³/mol. The van der Waals surface area contributed by atoms with Crippen LogP contribution >= 0.6 is 11.6 Å². The summed E-state index contributed by atoms with van der Waals surface area (Å²) < 4.78 is 50.6. The molecule has 0 aromatic heterocycles. The van der Waals surface area contributed by atoms with Gasteiger partial charge in [0, 0.05) is 16.3 Å². The summed E-state index contributed by atoms with van der Waals surface area (Å²) in [6.07, 6.45) is -4.45. The van der Waals surface area contributed by atoms with Gasteiger partial charge in [-0.2, -0.15) is 13.2 Å². The first kappa shape index (κ1) is 16.3. The summed E-state index contributed by atoms with van der Waals surface area (Å²) >= 11 is 5.78. The number of carbonyl (C=O) groups excluding carboxylic acids is 1. The molecule has 0 radical (unpaired) electrons. The lowest BCUT2D eigenvalue weighted by Gasteiger charge is -2.14. The number of halogens is 5. The number of rotatable bonds is 4. The molecule has 2 nitrogen and oxygen atoms in total. The predicted octanol–water partition coefficient (Wildman–Crippen LogP) is 4.68. The van der Waals surface area contributed by atoms with Gasteiger partial charge in [0.25, 0.3) is 0 Å². The van der Waals surface area contributed by atoms with Crippen molar-refractivity contribution in [2.75, 3.05) is 11.9 Å². The summed E-state index contributed by atoms with van der Waals surface area (Å²) in [6.45, 7) is -1.31.